The molecule has 0 aliphatic carbocycles. The number of benzene rings is 2. The van der Waals surface area contributed by atoms with Crippen LogP contribution in [0.15, 0.2) is 47.8 Å². The maximum Gasteiger partial charge on any atom is 0.422 e. The van der Waals surface area contributed by atoms with Crippen molar-refractivity contribution >= 4 is 34.5 Å². The van der Waals surface area contributed by atoms with E-state index in [1.54, 1.807) is 17.5 Å². The second-order valence-corrected chi connectivity index (χ2v) is 7.22. The summed E-state index contributed by atoms with van der Waals surface area (Å²) < 4.78 is 55.3. The van der Waals surface area contributed by atoms with Crippen molar-refractivity contribution in [2.24, 2.45) is 0 Å². The number of amides is 1. The number of ether oxygens (including phenoxy) is 1. The number of hydrogen-bond donors (Lipinski definition) is 1. The lowest BCUT2D eigenvalue weighted by atomic mass is 10.2. The molecule has 3 rings (SSSR count). The maximum atomic E-state index is 13.3. The number of nitrogens with one attached hydrogen (secondary N) is 1. The Morgan fingerprint density at radius 3 is 2.72 bits per heavy atom. The van der Waals surface area contributed by atoms with Gasteiger partial charge in [0.05, 0.1) is 17.8 Å². The molecule has 0 saturated carbocycles. The summed E-state index contributed by atoms with van der Waals surface area (Å²) in [7, 11) is 0. The Morgan fingerprint density at radius 1 is 1.21 bits per heavy atom. The molecule has 0 fully saturated rings. The zero-order valence-corrected chi connectivity index (χ0v) is 16.2. The highest BCUT2D eigenvalue weighted by Gasteiger charge is 2.29. The predicted molar refractivity (Wildman–Crippen MR) is 103 cm³/mol. The van der Waals surface area contributed by atoms with Crippen molar-refractivity contribution in [2.45, 2.75) is 12.6 Å². The molecule has 1 aromatic heterocycles. The predicted octanol–water partition coefficient (Wildman–Crippen LogP) is 5.72. The number of rotatable bonds is 6. The van der Waals surface area contributed by atoms with Gasteiger partial charge in [0.15, 0.2) is 6.61 Å². The highest BCUT2D eigenvalue weighted by molar-refractivity contribution is 7.13. The van der Waals surface area contributed by atoms with E-state index in [-0.39, 0.29) is 22.9 Å². The number of nitrogens with zero attached hydrogens (tertiary/aromatic N) is 1. The van der Waals surface area contributed by atoms with Crippen molar-refractivity contribution in [3.05, 3.63) is 64.4 Å². The number of halogens is 5. The third kappa shape index (κ3) is 6.16. The lowest BCUT2D eigenvalue weighted by Gasteiger charge is -2.14. The Hall–Kier alpha value is -2.65. The third-order valence-corrected chi connectivity index (χ3v) is 4.75. The molecule has 10 heteroatoms. The normalized spacial score (nSPS) is 11.3. The van der Waals surface area contributed by atoms with E-state index in [9.17, 15) is 22.4 Å². The number of alkyl halides is 3. The topological polar surface area (TPSA) is 51.2 Å². The monoisotopic (exact) mass is 444 g/mol. The fourth-order valence-corrected chi connectivity index (χ4v) is 3.38. The van der Waals surface area contributed by atoms with Crippen LogP contribution < -0.4 is 10.1 Å². The van der Waals surface area contributed by atoms with E-state index in [0.29, 0.717) is 16.3 Å². The van der Waals surface area contributed by atoms with Gasteiger partial charge in [-0.25, -0.2) is 9.37 Å². The quantitative estimate of drug-likeness (QED) is 0.494. The molecule has 152 valence electrons. The molecular weight excluding hydrogens is 432 g/mol. The van der Waals surface area contributed by atoms with Gasteiger partial charge in [0.1, 0.15) is 16.6 Å². The lowest BCUT2D eigenvalue weighted by molar-refractivity contribution is -0.153. The highest BCUT2D eigenvalue weighted by atomic mass is 35.5. The summed E-state index contributed by atoms with van der Waals surface area (Å²) in [5.41, 5.74) is 1.04. The van der Waals surface area contributed by atoms with Gasteiger partial charge < -0.3 is 10.1 Å². The van der Waals surface area contributed by atoms with E-state index in [4.69, 9.17) is 16.3 Å². The van der Waals surface area contributed by atoms with Crippen molar-refractivity contribution in [1.29, 1.82) is 0 Å². The van der Waals surface area contributed by atoms with Crippen LogP contribution in [0.25, 0.3) is 10.6 Å². The Labute approximate surface area is 172 Å². The van der Waals surface area contributed by atoms with Crippen LogP contribution >= 0.6 is 22.9 Å². The van der Waals surface area contributed by atoms with Gasteiger partial charge in [0.2, 0.25) is 5.91 Å². The fraction of sp³-hybridized carbons (Fsp3) is 0.158. The summed E-state index contributed by atoms with van der Waals surface area (Å²) >= 11 is 7.11. The third-order valence-electron chi connectivity index (χ3n) is 3.57. The molecule has 29 heavy (non-hydrogen) atoms. The first-order chi connectivity index (χ1) is 13.7. The van der Waals surface area contributed by atoms with E-state index in [1.807, 2.05) is 0 Å². The minimum Gasteiger partial charge on any atom is -0.482 e. The number of hydrogen-bond acceptors (Lipinski definition) is 4. The molecule has 0 unspecified atom stereocenters. The lowest BCUT2D eigenvalue weighted by Crippen LogP contribution is -2.21. The summed E-state index contributed by atoms with van der Waals surface area (Å²) in [4.78, 5) is 16.6. The van der Waals surface area contributed by atoms with E-state index in [0.717, 1.165) is 0 Å². The van der Waals surface area contributed by atoms with Gasteiger partial charge in [0, 0.05) is 16.0 Å². The Bertz CT molecular complexity index is 1020. The van der Waals surface area contributed by atoms with Gasteiger partial charge in [-0.05, 0) is 30.3 Å². The summed E-state index contributed by atoms with van der Waals surface area (Å²) in [5.74, 6) is -1.07. The number of thiazole rings is 1. The first-order valence-corrected chi connectivity index (χ1v) is 9.45. The Morgan fingerprint density at radius 2 is 2.00 bits per heavy atom. The molecule has 0 spiro atoms. The van der Waals surface area contributed by atoms with E-state index >= 15 is 0 Å². The average Bonchev–Trinajstić information content (AvgIpc) is 3.08. The molecule has 0 saturated heterocycles. The molecule has 0 atom stereocenters. The zero-order valence-electron chi connectivity index (χ0n) is 14.6. The summed E-state index contributed by atoms with van der Waals surface area (Å²) in [5, 5.41) is 4.90. The fourth-order valence-electron chi connectivity index (χ4n) is 2.39. The van der Waals surface area contributed by atoms with Crippen molar-refractivity contribution in [3.63, 3.8) is 0 Å². The number of aromatic nitrogens is 1. The second-order valence-electron chi connectivity index (χ2n) is 5.92. The van der Waals surface area contributed by atoms with Gasteiger partial charge in [-0.2, -0.15) is 13.2 Å². The highest BCUT2D eigenvalue weighted by Crippen LogP contribution is 2.30. The summed E-state index contributed by atoms with van der Waals surface area (Å²) in [6.45, 7) is -1.50. The molecule has 3 aromatic rings. The number of carbonyl (C=O) groups excluding carboxylic acids is 1. The zero-order chi connectivity index (χ0) is 21.0. The second kappa shape index (κ2) is 8.79. The minimum atomic E-state index is -4.52. The van der Waals surface area contributed by atoms with Gasteiger partial charge >= 0.3 is 6.18 Å². The first-order valence-electron chi connectivity index (χ1n) is 8.19. The molecule has 0 radical (unpaired) electrons. The van der Waals surface area contributed by atoms with Crippen LogP contribution in [-0.2, 0) is 11.2 Å². The van der Waals surface area contributed by atoms with Crippen LogP contribution in [0.4, 0.5) is 23.2 Å². The molecule has 1 N–H and O–H groups in total. The van der Waals surface area contributed by atoms with Crippen LogP contribution in [-0.4, -0.2) is 23.7 Å². The van der Waals surface area contributed by atoms with Gasteiger partial charge in [-0.3, -0.25) is 4.79 Å². The molecule has 4 nitrogen and oxygen atoms in total. The summed E-state index contributed by atoms with van der Waals surface area (Å²) in [6, 6.07) is 9.80. The van der Waals surface area contributed by atoms with Crippen molar-refractivity contribution in [1.82, 2.24) is 4.98 Å². The first kappa shape index (κ1) is 21.1. The van der Waals surface area contributed by atoms with Crippen LogP contribution in [0.1, 0.15) is 5.69 Å². The van der Waals surface area contributed by atoms with Crippen molar-refractivity contribution in [3.8, 4) is 16.3 Å². The SMILES string of the molecule is O=C(Cc1csc(-c2cccc(F)c2)n1)Nc1cc(Cl)ccc1OCC(F)(F)F. The molecule has 1 heterocycles. The standard InChI is InChI=1S/C19H13ClF4N2O2S/c20-12-4-5-16(28-10-19(22,23)24)15(7-12)26-17(27)8-14-9-29-18(25-14)11-2-1-3-13(21)6-11/h1-7,9H,8,10H2,(H,26,27). The van der Waals surface area contributed by atoms with Gasteiger partial charge in [0.25, 0.3) is 0 Å². The van der Waals surface area contributed by atoms with Gasteiger partial charge in [-0.1, -0.05) is 23.7 Å². The van der Waals surface area contributed by atoms with E-state index in [2.05, 4.69) is 10.3 Å². The number of anilines is 1. The number of carbonyl (C=O) groups is 1. The van der Waals surface area contributed by atoms with Crippen LogP contribution in [0.2, 0.25) is 5.02 Å². The van der Waals surface area contributed by atoms with Crippen LogP contribution in [0, 0.1) is 5.82 Å². The maximum absolute atomic E-state index is 13.3. The Kier molecular flexibility index (Phi) is 6.39. The van der Waals surface area contributed by atoms with Gasteiger partial charge in [-0.15, -0.1) is 11.3 Å². The van der Waals surface area contributed by atoms with E-state index < -0.39 is 24.5 Å². The Balaban J connectivity index is 1.69. The molecular formula is C19H13ClF4N2O2S. The van der Waals surface area contributed by atoms with Crippen LogP contribution in [0.3, 0.4) is 0 Å². The van der Waals surface area contributed by atoms with Crippen molar-refractivity contribution < 1.29 is 27.1 Å². The van der Waals surface area contributed by atoms with E-state index in [1.165, 1.54) is 41.7 Å². The molecule has 0 aliphatic heterocycles. The molecule has 1 amide bonds. The average molecular weight is 445 g/mol. The minimum absolute atomic E-state index is 0.0207. The molecule has 2 aromatic carbocycles. The van der Waals surface area contributed by atoms with Crippen LogP contribution in [0.5, 0.6) is 5.75 Å². The molecule has 0 bridgehead atoms. The molecule has 0 aliphatic rings. The van der Waals surface area contributed by atoms with Crippen molar-refractivity contribution in [2.75, 3.05) is 11.9 Å². The summed E-state index contributed by atoms with van der Waals surface area (Å²) in [6.07, 6.45) is -4.65. The smallest absolute Gasteiger partial charge is 0.422 e. The largest absolute Gasteiger partial charge is 0.482 e.